The Morgan fingerprint density at radius 2 is 1.92 bits per heavy atom. The molecule has 0 aliphatic carbocycles. The lowest BCUT2D eigenvalue weighted by atomic mass is 10.0. The predicted molar refractivity (Wildman–Crippen MR) is 52.2 cm³/mol. The standard InChI is InChI=1S/C11H21N/c1-9(2)11-7-6-10-5-3-4-8-12(10)11/h9-11H,3-8H2,1-2H3. The largest absolute Gasteiger partial charge is 0.297 e. The first-order valence-electron chi connectivity index (χ1n) is 5.55. The molecule has 0 aromatic carbocycles. The molecule has 0 bridgehead atoms. The Hall–Kier alpha value is -0.0400. The summed E-state index contributed by atoms with van der Waals surface area (Å²) >= 11 is 0. The van der Waals surface area contributed by atoms with Gasteiger partial charge >= 0.3 is 0 Å². The minimum absolute atomic E-state index is 0.869. The van der Waals surface area contributed by atoms with E-state index in [9.17, 15) is 0 Å². The van der Waals surface area contributed by atoms with Crippen molar-refractivity contribution < 1.29 is 0 Å². The van der Waals surface area contributed by atoms with Crippen molar-refractivity contribution in [3.8, 4) is 0 Å². The van der Waals surface area contributed by atoms with Gasteiger partial charge < -0.3 is 0 Å². The predicted octanol–water partition coefficient (Wildman–Crippen LogP) is 2.66. The van der Waals surface area contributed by atoms with Gasteiger partial charge in [0.1, 0.15) is 0 Å². The van der Waals surface area contributed by atoms with Crippen molar-refractivity contribution in [3.63, 3.8) is 0 Å². The zero-order valence-electron chi connectivity index (χ0n) is 8.42. The summed E-state index contributed by atoms with van der Waals surface area (Å²) in [5, 5.41) is 0. The van der Waals surface area contributed by atoms with Gasteiger partial charge in [0.2, 0.25) is 0 Å². The van der Waals surface area contributed by atoms with Gasteiger partial charge in [-0.05, 0) is 38.1 Å². The van der Waals surface area contributed by atoms with Crippen LogP contribution in [0.2, 0.25) is 0 Å². The maximum atomic E-state index is 2.79. The van der Waals surface area contributed by atoms with Crippen LogP contribution in [0.1, 0.15) is 46.0 Å². The zero-order chi connectivity index (χ0) is 8.55. The van der Waals surface area contributed by atoms with Crippen molar-refractivity contribution in [1.29, 1.82) is 0 Å². The van der Waals surface area contributed by atoms with E-state index in [0.29, 0.717) is 0 Å². The first-order valence-corrected chi connectivity index (χ1v) is 5.55. The number of rotatable bonds is 1. The quantitative estimate of drug-likeness (QED) is 0.580. The number of piperidine rings is 1. The van der Waals surface area contributed by atoms with E-state index in [0.717, 1.165) is 18.0 Å². The topological polar surface area (TPSA) is 3.24 Å². The van der Waals surface area contributed by atoms with Crippen LogP contribution in [0.4, 0.5) is 0 Å². The van der Waals surface area contributed by atoms with Crippen molar-refractivity contribution in [2.75, 3.05) is 6.54 Å². The molecule has 0 spiro atoms. The summed E-state index contributed by atoms with van der Waals surface area (Å²) in [7, 11) is 0. The summed E-state index contributed by atoms with van der Waals surface area (Å²) in [5.41, 5.74) is 0. The van der Waals surface area contributed by atoms with Gasteiger partial charge in [-0.3, -0.25) is 4.90 Å². The summed E-state index contributed by atoms with van der Waals surface area (Å²) in [6.45, 7) is 6.14. The SMILES string of the molecule is CC(C)C1CCC2CCCCN21. The lowest BCUT2D eigenvalue weighted by Gasteiger charge is -2.35. The van der Waals surface area contributed by atoms with Gasteiger partial charge in [-0.25, -0.2) is 0 Å². The fourth-order valence-corrected chi connectivity index (χ4v) is 3.01. The number of hydrogen-bond donors (Lipinski definition) is 0. The van der Waals surface area contributed by atoms with Crippen LogP contribution in [-0.4, -0.2) is 23.5 Å². The Morgan fingerprint density at radius 1 is 1.08 bits per heavy atom. The second kappa shape index (κ2) is 3.37. The van der Waals surface area contributed by atoms with E-state index < -0.39 is 0 Å². The third kappa shape index (κ3) is 1.39. The lowest BCUT2D eigenvalue weighted by molar-refractivity contribution is 0.123. The van der Waals surface area contributed by atoms with E-state index in [1.165, 1.54) is 38.6 Å². The minimum Gasteiger partial charge on any atom is -0.297 e. The Balaban J connectivity index is 2.01. The smallest absolute Gasteiger partial charge is 0.0122 e. The second-order valence-corrected chi connectivity index (χ2v) is 4.78. The van der Waals surface area contributed by atoms with Crippen molar-refractivity contribution in [1.82, 2.24) is 4.90 Å². The Morgan fingerprint density at radius 3 is 2.67 bits per heavy atom. The normalized spacial score (nSPS) is 37.2. The molecule has 2 saturated heterocycles. The third-order valence-corrected chi connectivity index (χ3v) is 3.66. The number of nitrogens with zero attached hydrogens (tertiary/aromatic N) is 1. The van der Waals surface area contributed by atoms with Gasteiger partial charge in [0.25, 0.3) is 0 Å². The molecule has 0 radical (unpaired) electrons. The van der Waals surface area contributed by atoms with E-state index in [4.69, 9.17) is 0 Å². The summed E-state index contributed by atoms with van der Waals surface area (Å²) < 4.78 is 0. The maximum absolute atomic E-state index is 2.79. The first kappa shape index (κ1) is 8.55. The highest BCUT2D eigenvalue weighted by Crippen LogP contribution is 2.34. The molecule has 2 atom stereocenters. The van der Waals surface area contributed by atoms with E-state index >= 15 is 0 Å². The highest BCUT2D eigenvalue weighted by atomic mass is 15.2. The van der Waals surface area contributed by atoms with Crippen LogP contribution in [0.3, 0.4) is 0 Å². The van der Waals surface area contributed by atoms with Crippen molar-refractivity contribution in [3.05, 3.63) is 0 Å². The number of hydrogen-bond acceptors (Lipinski definition) is 1. The van der Waals surface area contributed by atoms with Gasteiger partial charge in [0.05, 0.1) is 0 Å². The molecule has 0 aromatic heterocycles. The average Bonchev–Trinajstić information content (AvgIpc) is 2.47. The van der Waals surface area contributed by atoms with Crippen molar-refractivity contribution >= 4 is 0 Å². The molecular formula is C11H21N. The maximum Gasteiger partial charge on any atom is 0.0122 e. The summed E-state index contributed by atoms with van der Waals surface area (Å²) in [4.78, 5) is 2.79. The molecule has 70 valence electrons. The number of fused-ring (bicyclic) bond motifs is 1. The van der Waals surface area contributed by atoms with E-state index in [-0.39, 0.29) is 0 Å². The van der Waals surface area contributed by atoms with Crippen molar-refractivity contribution in [2.45, 2.75) is 58.0 Å². The fraction of sp³-hybridized carbons (Fsp3) is 1.00. The molecular weight excluding hydrogens is 146 g/mol. The molecule has 2 heterocycles. The van der Waals surface area contributed by atoms with Gasteiger partial charge in [0.15, 0.2) is 0 Å². The zero-order valence-corrected chi connectivity index (χ0v) is 8.42. The molecule has 2 rings (SSSR count). The molecule has 0 saturated carbocycles. The van der Waals surface area contributed by atoms with Crippen LogP contribution < -0.4 is 0 Å². The molecule has 2 fully saturated rings. The van der Waals surface area contributed by atoms with Crippen LogP contribution in [0.5, 0.6) is 0 Å². The average molecular weight is 167 g/mol. The Labute approximate surface area is 76.1 Å². The van der Waals surface area contributed by atoms with Crippen LogP contribution in [0.15, 0.2) is 0 Å². The van der Waals surface area contributed by atoms with Crippen LogP contribution in [0, 0.1) is 5.92 Å². The van der Waals surface area contributed by atoms with Gasteiger partial charge in [0, 0.05) is 12.1 Å². The molecule has 2 aliphatic heterocycles. The van der Waals surface area contributed by atoms with E-state index in [1.807, 2.05) is 0 Å². The monoisotopic (exact) mass is 167 g/mol. The summed E-state index contributed by atoms with van der Waals surface area (Å²) in [6, 6.07) is 1.88. The van der Waals surface area contributed by atoms with Gasteiger partial charge in [-0.1, -0.05) is 20.3 Å². The molecule has 1 heteroatoms. The van der Waals surface area contributed by atoms with E-state index in [1.54, 1.807) is 0 Å². The Bertz CT molecular complexity index is 153. The second-order valence-electron chi connectivity index (χ2n) is 4.78. The molecule has 0 amide bonds. The molecule has 1 nitrogen and oxygen atoms in total. The molecule has 2 unspecified atom stereocenters. The molecule has 12 heavy (non-hydrogen) atoms. The lowest BCUT2D eigenvalue weighted by Crippen LogP contribution is -2.41. The molecule has 0 N–H and O–H groups in total. The van der Waals surface area contributed by atoms with Crippen LogP contribution in [0.25, 0.3) is 0 Å². The van der Waals surface area contributed by atoms with Crippen molar-refractivity contribution in [2.24, 2.45) is 5.92 Å². The first-order chi connectivity index (χ1) is 5.79. The highest BCUT2D eigenvalue weighted by Gasteiger charge is 2.35. The van der Waals surface area contributed by atoms with Crippen LogP contribution >= 0.6 is 0 Å². The van der Waals surface area contributed by atoms with Gasteiger partial charge in [-0.15, -0.1) is 0 Å². The van der Waals surface area contributed by atoms with Gasteiger partial charge in [-0.2, -0.15) is 0 Å². The van der Waals surface area contributed by atoms with Crippen LogP contribution in [-0.2, 0) is 0 Å². The van der Waals surface area contributed by atoms with E-state index in [2.05, 4.69) is 18.7 Å². The summed E-state index contributed by atoms with van der Waals surface area (Å²) in [5.74, 6) is 0.869. The summed E-state index contributed by atoms with van der Waals surface area (Å²) in [6.07, 6.45) is 7.33. The highest BCUT2D eigenvalue weighted by molar-refractivity contribution is 4.91. The fourth-order valence-electron chi connectivity index (χ4n) is 3.01. The molecule has 0 aromatic rings. The Kier molecular flexibility index (Phi) is 2.40. The minimum atomic E-state index is 0.869. The third-order valence-electron chi connectivity index (χ3n) is 3.66. The molecule has 2 aliphatic rings.